The molecule has 9 heteroatoms. The Balaban J connectivity index is 1.60. The minimum atomic E-state index is -0.640. The molecule has 0 radical (unpaired) electrons. The number of phenols is 2. The molecule has 32 heavy (non-hydrogen) atoms. The fourth-order valence-electron chi connectivity index (χ4n) is 2.69. The van der Waals surface area contributed by atoms with E-state index >= 15 is 0 Å². The van der Waals surface area contributed by atoms with Crippen LogP contribution in [0.3, 0.4) is 0 Å². The van der Waals surface area contributed by atoms with Crippen LogP contribution in [0.5, 0.6) is 28.7 Å². The standard InChI is InChI=1S/C23H20N2O7/c1-30-20-10-5-15(11-21(20)31-2)23(29)32-17-7-3-14(4-8-17)13-24-25-22(28)18-9-6-16(26)12-19(18)27/h3-13,26-27H,1-2H3,(H,25,28)/b24-13+. The Hall–Kier alpha value is -4.53. The summed E-state index contributed by atoms with van der Waals surface area (Å²) >= 11 is 0. The van der Waals surface area contributed by atoms with Crippen LogP contribution >= 0.6 is 0 Å². The van der Waals surface area contributed by atoms with Gasteiger partial charge in [0.15, 0.2) is 11.5 Å². The zero-order valence-corrected chi connectivity index (χ0v) is 17.2. The van der Waals surface area contributed by atoms with Crippen molar-refractivity contribution in [3.8, 4) is 28.7 Å². The number of rotatable bonds is 7. The average Bonchev–Trinajstić information content (AvgIpc) is 2.79. The minimum Gasteiger partial charge on any atom is -0.508 e. The second kappa shape index (κ2) is 9.98. The summed E-state index contributed by atoms with van der Waals surface area (Å²) in [6, 6.07) is 14.8. The Morgan fingerprint density at radius 1 is 0.906 bits per heavy atom. The van der Waals surface area contributed by atoms with Crippen LogP contribution in [-0.4, -0.2) is 42.5 Å². The zero-order valence-electron chi connectivity index (χ0n) is 17.2. The lowest BCUT2D eigenvalue weighted by Crippen LogP contribution is -2.17. The lowest BCUT2D eigenvalue weighted by molar-refractivity contribution is 0.0734. The SMILES string of the molecule is COc1ccc(C(=O)Oc2ccc(/C=N/NC(=O)c3ccc(O)cc3O)cc2)cc1OC. The molecule has 3 aromatic carbocycles. The highest BCUT2D eigenvalue weighted by Gasteiger charge is 2.13. The predicted molar refractivity (Wildman–Crippen MR) is 116 cm³/mol. The molecule has 1 amide bonds. The first-order valence-corrected chi connectivity index (χ1v) is 9.31. The van der Waals surface area contributed by atoms with E-state index in [1.54, 1.807) is 36.4 Å². The van der Waals surface area contributed by atoms with Gasteiger partial charge in [-0.15, -0.1) is 0 Å². The fourth-order valence-corrected chi connectivity index (χ4v) is 2.69. The summed E-state index contributed by atoms with van der Waals surface area (Å²) in [5, 5.41) is 22.8. The number of aromatic hydroxyl groups is 2. The number of esters is 1. The van der Waals surface area contributed by atoms with Crippen molar-refractivity contribution >= 4 is 18.1 Å². The number of nitrogens with one attached hydrogen (secondary N) is 1. The second-order valence-corrected chi connectivity index (χ2v) is 6.43. The molecule has 3 N–H and O–H groups in total. The Bertz CT molecular complexity index is 1160. The number of carbonyl (C=O) groups is 2. The van der Waals surface area contributed by atoms with E-state index < -0.39 is 11.9 Å². The number of hydrogen-bond acceptors (Lipinski definition) is 8. The van der Waals surface area contributed by atoms with Crippen molar-refractivity contribution in [2.24, 2.45) is 5.10 Å². The summed E-state index contributed by atoms with van der Waals surface area (Å²) in [4.78, 5) is 24.4. The van der Waals surface area contributed by atoms with Crippen LogP contribution in [0.4, 0.5) is 0 Å². The van der Waals surface area contributed by atoms with Crippen molar-refractivity contribution in [3.05, 3.63) is 77.4 Å². The Morgan fingerprint density at radius 2 is 1.62 bits per heavy atom. The summed E-state index contributed by atoms with van der Waals surface area (Å²) in [5.41, 5.74) is 3.18. The van der Waals surface area contributed by atoms with Crippen LogP contribution in [0.2, 0.25) is 0 Å². The van der Waals surface area contributed by atoms with E-state index in [4.69, 9.17) is 14.2 Å². The number of hydrazone groups is 1. The number of benzene rings is 3. The number of methoxy groups -OCH3 is 2. The monoisotopic (exact) mass is 436 g/mol. The topological polar surface area (TPSA) is 127 Å². The number of hydrogen-bond donors (Lipinski definition) is 3. The summed E-state index contributed by atoms with van der Waals surface area (Å²) < 4.78 is 15.7. The quantitative estimate of drug-likeness (QED) is 0.225. The van der Waals surface area contributed by atoms with E-state index in [0.29, 0.717) is 28.4 Å². The minimum absolute atomic E-state index is 0.0302. The Labute approximate surface area is 183 Å². The van der Waals surface area contributed by atoms with Crippen molar-refractivity contribution in [2.75, 3.05) is 14.2 Å². The fraction of sp³-hybridized carbons (Fsp3) is 0.0870. The molecule has 0 spiro atoms. The van der Waals surface area contributed by atoms with E-state index in [9.17, 15) is 19.8 Å². The summed E-state index contributed by atoms with van der Waals surface area (Å²) in [6.45, 7) is 0. The molecule has 0 aliphatic heterocycles. The van der Waals surface area contributed by atoms with Gasteiger partial charge in [-0.3, -0.25) is 4.79 Å². The molecular formula is C23H20N2O7. The zero-order chi connectivity index (χ0) is 23.1. The van der Waals surface area contributed by atoms with Gasteiger partial charge in [0.2, 0.25) is 0 Å². The summed E-state index contributed by atoms with van der Waals surface area (Å²) in [5.74, 6) is -0.489. The Kier molecular flexibility index (Phi) is 6.92. The molecule has 0 aliphatic carbocycles. The first-order valence-electron chi connectivity index (χ1n) is 9.31. The van der Waals surface area contributed by atoms with Crippen LogP contribution in [0.15, 0.2) is 65.8 Å². The third kappa shape index (κ3) is 5.33. The van der Waals surface area contributed by atoms with Gasteiger partial charge in [-0.05, 0) is 60.2 Å². The van der Waals surface area contributed by atoms with Gasteiger partial charge in [-0.2, -0.15) is 5.10 Å². The van der Waals surface area contributed by atoms with Gasteiger partial charge >= 0.3 is 5.97 Å². The third-order valence-electron chi connectivity index (χ3n) is 4.32. The van der Waals surface area contributed by atoms with E-state index in [0.717, 1.165) is 6.07 Å². The molecule has 0 aromatic heterocycles. The maximum Gasteiger partial charge on any atom is 0.343 e. The predicted octanol–water partition coefficient (Wildman–Crippen LogP) is 3.10. The summed E-state index contributed by atoms with van der Waals surface area (Å²) in [7, 11) is 2.98. The number of amides is 1. The normalized spacial score (nSPS) is 10.6. The molecule has 0 atom stereocenters. The van der Waals surface area contributed by atoms with E-state index in [-0.39, 0.29) is 17.1 Å². The molecule has 0 aliphatic rings. The number of nitrogens with zero attached hydrogens (tertiary/aromatic N) is 1. The first-order chi connectivity index (χ1) is 15.4. The molecule has 0 heterocycles. The maximum atomic E-state index is 12.4. The molecule has 3 aromatic rings. The lowest BCUT2D eigenvalue weighted by Gasteiger charge is -2.09. The highest BCUT2D eigenvalue weighted by Crippen LogP contribution is 2.28. The van der Waals surface area contributed by atoms with Gasteiger partial charge in [0, 0.05) is 6.07 Å². The second-order valence-electron chi connectivity index (χ2n) is 6.43. The van der Waals surface area contributed by atoms with E-state index in [1.807, 2.05) is 0 Å². The first kappa shape index (κ1) is 22.2. The third-order valence-corrected chi connectivity index (χ3v) is 4.32. The van der Waals surface area contributed by atoms with Crippen molar-refractivity contribution in [1.82, 2.24) is 5.43 Å². The van der Waals surface area contributed by atoms with Crippen LogP contribution in [0, 0.1) is 0 Å². The van der Waals surface area contributed by atoms with Crippen LogP contribution in [0.25, 0.3) is 0 Å². The molecule has 0 unspecified atom stereocenters. The molecular weight excluding hydrogens is 416 g/mol. The Morgan fingerprint density at radius 3 is 2.28 bits per heavy atom. The van der Waals surface area contributed by atoms with Crippen molar-refractivity contribution in [3.63, 3.8) is 0 Å². The van der Waals surface area contributed by atoms with Crippen LogP contribution < -0.4 is 19.6 Å². The lowest BCUT2D eigenvalue weighted by atomic mass is 10.2. The van der Waals surface area contributed by atoms with Crippen molar-refractivity contribution in [1.29, 1.82) is 0 Å². The largest absolute Gasteiger partial charge is 0.508 e. The highest BCUT2D eigenvalue weighted by molar-refractivity contribution is 5.97. The molecule has 164 valence electrons. The molecule has 9 nitrogen and oxygen atoms in total. The maximum absolute atomic E-state index is 12.4. The summed E-state index contributed by atoms with van der Waals surface area (Å²) in [6.07, 6.45) is 1.38. The van der Waals surface area contributed by atoms with Gasteiger partial charge in [-0.25, -0.2) is 10.2 Å². The number of carbonyl (C=O) groups excluding carboxylic acids is 2. The van der Waals surface area contributed by atoms with Gasteiger partial charge < -0.3 is 24.4 Å². The smallest absolute Gasteiger partial charge is 0.343 e. The van der Waals surface area contributed by atoms with Gasteiger partial charge in [0.05, 0.1) is 31.6 Å². The molecule has 0 fully saturated rings. The molecule has 3 rings (SSSR count). The molecule has 0 saturated heterocycles. The van der Waals surface area contributed by atoms with E-state index in [1.165, 1.54) is 38.6 Å². The van der Waals surface area contributed by atoms with Gasteiger partial charge in [0.25, 0.3) is 5.91 Å². The number of phenolic OH excluding ortho intramolecular Hbond substituents is 2. The average molecular weight is 436 g/mol. The molecule has 0 bridgehead atoms. The number of ether oxygens (including phenoxy) is 3. The van der Waals surface area contributed by atoms with Gasteiger partial charge in [-0.1, -0.05) is 0 Å². The van der Waals surface area contributed by atoms with Crippen LogP contribution in [-0.2, 0) is 0 Å². The molecule has 0 saturated carbocycles. The van der Waals surface area contributed by atoms with Crippen molar-refractivity contribution in [2.45, 2.75) is 0 Å². The van der Waals surface area contributed by atoms with Crippen LogP contribution in [0.1, 0.15) is 26.3 Å². The van der Waals surface area contributed by atoms with E-state index in [2.05, 4.69) is 10.5 Å². The highest BCUT2D eigenvalue weighted by atomic mass is 16.5. The van der Waals surface area contributed by atoms with Gasteiger partial charge in [0.1, 0.15) is 17.2 Å². The van der Waals surface area contributed by atoms with Crippen molar-refractivity contribution < 1.29 is 34.0 Å².